The van der Waals surface area contributed by atoms with Crippen LogP contribution >= 0.6 is 0 Å². The third-order valence-electron chi connectivity index (χ3n) is 3.91. The van der Waals surface area contributed by atoms with E-state index in [2.05, 4.69) is 20.8 Å². The summed E-state index contributed by atoms with van der Waals surface area (Å²) in [6.07, 6.45) is 4.80. The van der Waals surface area contributed by atoms with Gasteiger partial charge in [-0.25, -0.2) is 0 Å². The highest BCUT2D eigenvalue weighted by Crippen LogP contribution is 2.37. The summed E-state index contributed by atoms with van der Waals surface area (Å²) in [5.41, 5.74) is 5.57. The Hall–Kier alpha value is -0.0800. The topological polar surface area (TPSA) is 46.2 Å². The first-order chi connectivity index (χ1) is 6.49. The molecule has 2 nitrogen and oxygen atoms in total. The number of aliphatic hydroxyl groups excluding tert-OH is 1. The van der Waals surface area contributed by atoms with Crippen molar-refractivity contribution in [1.82, 2.24) is 0 Å². The van der Waals surface area contributed by atoms with E-state index >= 15 is 0 Å². The van der Waals surface area contributed by atoms with Crippen LogP contribution in [-0.4, -0.2) is 17.8 Å². The summed E-state index contributed by atoms with van der Waals surface area (Å²) < 4.78 is 0. The van der Waals surface area contributed by atoms with E-state index in [9.17, 15) is 5.11 Å². The largest absolute Gasteiger partial charge is 0.392 e. The Labute approximate surface area is 87.9 Å². The molecule has 0 aromatic rings. The van der Waals surface area contributed by atoms with Crippen LogP contribution in [0.3, 0.4) is 0 Å². The summed E-state index contributed by atoms with van der Waals surface area (Å²) >= 11 is 0. The van der Waals surface area contributed by atoms with E-state index in [1.807, 2.05) is 0 Å². The Kier molecular flexibility index (Phi) is 3.96. The fourth-order valence-corrected chi connectivity index (χ4v) is 2.51. The molecular formula is C12H25NO. The molecule has 1 saturated carbocycles. The van der Waals surface area contributed by atoms with Crippen molar-refractivity contribution in [2.75, 3.05) is 6.54 Å². The zero-order valence-electron chi connectivity index (χ0n) is 9.79. The molecule has 14 heavy (non-hydrogen) atoms. The van der Waals surface area contributed by atoms with Gasteiger partial charge in [-0.3, -0.25) is 0 Å². The van der Waals surface area contributed by atoms with Crippen LogP contribution in [0.1, 0.15) is 46.5 Å². The highest BCUT2D eigenvalue weighted by Gasteiger charge is 2.36. The average molecular weight is 199 g/mol. The second-order valence-corrected chi connectivity index (χ2v) is 5.56. The van der Waals surface area contributed by atoms with Gasteiger partial charge in [0.1, 0.15) is 0 Å². The van der Waals surface area contributed by atoms with Gasteiger partial charge in [0, 0.05) is 5.41 Å². The van der Waals surface area contributed by atoms with Gasteiger partial charge in [0.15, 0.2) is 0 Å². The Morgan fingerprint density at radius 3 is 2.43 bits per heavy atom. The number of rotatable bonds is 3. The van der Waals surface area contributed by atoms with E-state index in [4.69, 9.17) is 5.73 Å². The molecule has 0 spiro atoms. The van der Waals surface area contributed by atoms with Crippen molar-refractivity contribution >= 4 is 0 Å². The fraction of sp³-hybridized carbons (Fsp3) is 1.00. The lowest BCUT2D eigenvalue weighted by Crippen LogP contribution is -2.44. The van der Waals surface area contributed by atoms with E-state index in [0.29, 0.717) is 18.4 Å². The molecule has 84 valence electrons. The molecule has 2 heteroatoms. The third kappa shape index (κ3) is 2.48. The quantitative estimate of drug-likeness (QED) is 0.731. The molecule has 0 aromatic heterocycles. The van der Waals surface area contributed by atoms with Gasteiger partial charge in [0.05, 0.1) is 6.10 Å². The molecule has 0 saturated heterocycles. The van der Waals surface area contributed by atoms with Crippen LogP contribution in [0.2, 0.25) is 0 Å². The molecule has 0 heterocycles. The maximum atomic E-state index is 10.3. The number of hydrogen-bond acceptors (Lipinski definition) is 2. The highest BCUT2D eigenvalue weighted by molar-refractivity contribution is 4.88. The van der Waals surface area contributed by atoms with Crippen LogP contribution in [-0.2, 0) is 0 Å². The Bertz CT molecular complexity index is 179. The zero-order chi connectivity index (χ0) is 10.8. The molecule has 0 aliphatic heterocycles. The van der Waals surface area contributed by atoms with E-state index in [0.717, 1.165) is 0 Å². The molecule has 0 aromatic carbocycles. The lowest BCUT2D eigenvalue weighted by molar-refractivity contribution is -0.0267. The molecule has 1 aliphatic rings. The van der Waals surface area contributed by atoms with Crippen molar-refractivity contribution in [3.8, 4) is 0 Å². The van der Waals surface area contributed by atoms with E-state index in [-0.39, 0.29) is 11.5 Å². The molecule has 3 N–H and O–H groups in total. The summed E-state index contributed by atoms with van der Waals surface area (Å²) in [6, 6.07) is 0. The van der Waals surface area contributed by atoms with Gasteiger partial charge in [0.2, 0.25) is 0 Å². The summed E-state index contributed by atoms with van der Waals surface area (Å²) in [6.45, 7) is 6.97. The first kappa shape index (κ1) is 12.0. The Morgan fingerprint density at radius 2 is 1.93 bits per heavy atom. The molecule has 1 aliphatic carbocycles. The van der Waals surface area contributed by atoms with Crippen LogP contribution in [0.4, 0.5) is 0 Å². The normalized spacial score (nSPS) is 31.5. The lowest BCUT2D eigenvalue weighted by Gasteiger charge is -2.40. The third-order valence-corrected chi connectivity index (χ3v) is 3.91. The number of hydrogen-bond donors (Lipinski definition) is 2. The first-order valence-electron chi connectivity index (χ1n) is 5.87. The SMILES string of the molecule is CC1CCCCC1C(O)C(C)(C)CN. The van der Waals surface area contributed by atoms with E-state index < -0.39 is 0 Å². The fourth-order valence-electron chi connectivity index (χ4n) is 2.51. The van der Waals surface area contributed by atoms with Crippen molar-refractivity contribution < 1.29 is 5.11 Å². The van der Waals surface area contributed by atoms with Crippen molar-refractivity contribution in [2.45, 2.75) is 52.6 Å². The van der Waals surface area contributed by atoms with Crippen molar-refractivity contribution in [3.05, 3.63) is 0 Å². The van der Waals surface area contributed by atoms with Gasteiger partial charge in [-0.05, 0) is 24.8 Å². The van der Waals surface area contributed by atoms with Gasteiger partial charge in [-0.15, -0.1) is 0 Å². The van der Waals surface area contributed by atoms with Gasteiger partial charge in [-0.1, -0.05) is 40.0 Å². The maximum absolute atomic E-state index is 10.3. The average Bonchev–Trinajstić information content (AvgIpc) is 2.17. The zero-order valence-corrected chi connectivity index (χ0v) is 9.79. The standard InChI is InChI=1S/C12H25NO/c1-9-6-4-5-7-10(9)11(14)12(2,3)8-13/h9-11,14H,4-8,13H2,1-3H3. The van der Waals surface area contributed by atoms with Gasteiger partial charge < -0.3 is 10.8 Å². The van der Waals surface area contributed by atoms with E-state index in [1.165, 1.54) is 25.7 Å². The lowest BCUT2D eigenvalue weighted by atomic mass is 9.69. The van der Waals surface area contributed by atoms with Crippen LogP contribution in [0, 0.1) is 17.3 Å². The van der Waals surface area contributed by atoms with Crippen molar-refractivity contribution in [2.24, 2.45) is 23.0 Å². The monoisotopic (exact) mass is 199 g/mol. The Balaban J connectivity index is 2.62. The molecule has 0 amide bonds. The highest BCUT2D eigenvalue weighted by atomic mass is 16.3. The number of nitrogens with two attached hydrogens (primary N) is 1. The molecular weight excluding hydrogens is 174 g/mol. The summed E-state index contributed by atoms with van der Waals surface area (Å²) in [5.74, 6) is 1.12. The minimum absolute atomic E-state index is 0.129. The van der Waals surface area contributed by atoms with Gasteiger partial charge in [-0.2, -0.15) is 0 Å². The molecule has 3 atom stereocenters. The van der Waals surface area contributed by atoms with Crippen LogP contribution in [0.5, 0.6) is 0 Å². The minimum atomic E-state index is -0.234. The summed E-state index contributed by atoms with van der Waals surface area (Å²) in [7, 11) is 0. The molecule has 0 bridgehead atoms. The molecule has 1 fully saturated rings. The van der Waals surface area contributed by atoms with E-state index in [1.54, 1.807) is 0 Å². The predicted molar refractivity (Wildman–Crippen MR) is 60.0 cm³/mol. The second kappa shape index (κ2) is 4.63. The van der Waals surface area contributed by atoms with Crippen LogP contribution < -0.4 is 5.73 Å². The molecule has 0 radical (unpaired) electrons. The second-order valence-electron chi connectivity index (χ2n) is 5.56. The minimum Gasteiger partial charge on any atom is -0.392 e. The predicted octanol–water partition coefficient (Wildman–Crippen LogP) is 2.16. The molecule has 1 rings (SSSR count). The molecule has 3 unspecified atom stereocenters. The van der Waals surface area contributed by atoms with Gasteiger partial charge in [0.25, 0.3) is 0 Å². The van der Waals surface area contributed by atoms with Crippen molar-refractivity contribution in [1.29, 1.82) is 0 Å². The smallest absolute Gasteiger partial charge is 0.0633 e. The van der Waals surface area contributed by atoms with Crippen LogP contribution in [0.15, 0.2) is 0 Å². The first-order valence-corrected chi connectivity index (χ1v) is 5.87. The van der Waals surface area contributed by atoms with Crippen molar-refractivity contribution in [3.63, 3.8) is 0 Å². The maximum Gasteiger partial charge on any atom is 0.0633 e. The van der Waals surface area contributed by atoms with Crippen LogP contribution in [0.25, 0.3) is 0 Å². The summed E-state index contributed by atoms with van der Waals surface area (Å²) in [5, 5.41) is 10.3. The Morgan fingerprint density at radius 1 is 1.36 bits per heavy atom. The van der Waals surface area contributed by atoms with Gasteiger partial charge >= 0.3 is 0 Å². The number of aliphatic hydroxyl groups is 1. The summed E-state index contributed by atoms with van der Waals surface area (Å²) in [4.78, 5) is 0.